The summed E-state index contributed by atoms with van der Waals surface area (Å²) in [5.41, 5.74) is 1.74. The smallest absolute Gasteiger partial charge is 0.264 e. The van der Waals surface area contributed by atoms with Gasteiger partial charge in [-0.05, 0) is 72.5 Å². The molecule has 4 aromatic carbocycles. The van der Waals surface area contributed by atoms with E-state index < -0.39 is 28.5 Å². The van der Waals surface area contributed by atoms with Crippen LogP contribution < -0.4 is 9.62 Å². The van der Waals surface area contributed by atoms with Crippen molar-refractivity contribution in [3.8, 4) is 0 Å². The van der Waals surface area contributed by atoms with Gasteiger partial charge in [0.25, 0.3) is 10.0 Å². The fraction of sp³-hybridized carbons (Fsp3) is 0.278. The number of amides is 2. The third-order valence-electron chi connectivity index (χ3n) is 8.30. The Hall–Kier alpha value is -3.37. The molecule has 1 N–H and O–H groups in total. The van der Waals surface area contributed by atoms with Gasteiger partial charge in [-0.15, -0.1) is 0 Å². The van der Waals surface area contributed by atoms with Gasteiger partial charge in [-0.3, -0.25) is 13.9 Å². The minimum absolute atomic E-state index is 0.00307. The van der Waals surface area contributed by atoms with Gasteiger partial charge in [0.05, 0.1) is 10.6 Å². The largest absolute Gasteiger partial charge is 0.352 e. The lowest BCUT2D eigenvalue weighted by atomic mass is 9.94. The first kappa shape index (κ1) is 35.0. The van der Waals surface area contributed by atoms with E-state index in [4.69, 9.17) is 23.2 Å². The second kappa shape index (κ2) is 16.2. The number of benzene rings is 4. The van der Waals surface area contributed by atoms with E-state index in [1.165, 1.54) is 17.0 Å². The average Bonchev–Trinajstić information content (AvgIpc) is 3.07. The number of hydrogen-bond donors (Lipinski definition) is 1. The van der Waals surface area contributed by atoms with Crippen LogP contribution in [0.3, 0.4) is 0 Å². The zero-order valence-corrected chi connectivity index (χ0v) is 29.6. The van der Waals surface area contributed by atoms with Crippen LogP contribution in [0.1, 0.15) is 43.2 Å². The third-order valence-corrected chi connectivity index (χ3v) is 11.2. The van der Waals surface area contributed by atoms with Crippen molar-refractivity contribution in [1.82, 2.24) is 10.2 Å². The van der Waals surface area contributed by atoms with Gasteiger partial charge in [0, 0.05) is 33.5 Å². The van der Waals surface area contributed by atoms with Gasteiger partial charge in [-0.25, -0.2) is 8.42 Å². The van der Waals surface area contributed by atoms with Gasteiger partial charge in [0.1, 0.15) is 12.6 Å². The number of carbonyl (C=O) groups excluding carboxylic acids is 2. The molecule has 0 saturated heterocycles. The Morgan fingerprint density at radius 1 is 0.851 bits per heavy atom. The number of anilines is 1. The quantitative estimate of drug-likeness (QED) is 0.159. The number of hydrogen-bond acceptors (Lipinski definition) is 4. The van der Waals surface area contributed by atoms with Crippen LogP contribution in [-0.2, 0) is 32.6 Å². The van der Waals surface area contributed by atoms with Crippen molar-refractivity contribution in [2.45, 2.75) is 62.0 Å². The minimum Gasteiger partial charge on any atom is -0.352 e. The second-order valence-electron chi connectivity index (χ2n) is 11.6. The maximum Gasteiger partial charge on any atom is 0.264 e. The van der Waals surface area contributed by atoms with Crippen LogP contribution in [0.4, 0.5) is 5.69 Å². The van der Waals surface area contributed by atoms with Gasteiger partial charge >= 0.3 is 0 Å². The molecule has 1 aliphatic carbocycles. The SMILES string of the molecule is O=C(NC1CCCCC1)[C@H](Cc1ccccc1)N(Cc1ccc(Cl)cc1Cl)C(=O)CN(c1ccc(Br)cc1)S(=O)(=O)c1ccccc1. The fourth-order valence-electron chi connectivity index (χ4n) is 5.79. The van der Waals surface area contributed by atoms with E-state index in [9.17, 15) is 18.0 Å². The second-order valence-corrected chi connectivity index (χ2v) is 15.2. The Balaban J connectivity index is 1.57. The lowest BCUT2D eigenvalue weighted by Gasteiger charge is -2.35. The summed E-state index contributed by atoms with van der Waals surface area (Å²) in [6, 6.07) is 28.2. The molecule has 0 aromatic heterocycles. The predicted molar refractivity (Wildman–Crippen MR) is 191 cm³/mol. The first-order valence-corrected chi connectivity index (χ1v) is 18.5. The van der Waals surface area contributed by atoms with E-state index in [1.807, 2.05) is 30.3 Å². The summed E-state index contributed by atoms with van der Waals surface area (Å²) in [6.45, 7) is -0.587. The van der Waals surface area contributed by atoms with Gasteiger partial charge in [-0.1, -0.05) is 113 Å². The third kappa shape index (κ3) is 9.16. The molecule has 0 radical (unpaired) electrons. The highest BCUT2D eigenvalue weighted by Crippen LogP contribution is 2.28. The number of sulfonamides is 1. The highest BCUT2D eigenvalue weighted by Gasteiger charge is 2.35. The number of nitrogens with one attached hydrogen (secondary N) is 1. The molecular weight excluding hydrogens is 721 g/mol. The molecule has 1 fully saturated rings. The molecule has 1 atom stereocenters. The van der Waals surface area contributed by atoms with Gasteiger partial charge in [0.2, 0.25) is 11.8 Å². The van der Waals surface area contributed by atoms with Crippen molar-refractivity contribution < 1.29 is 18.0 Å². The van der Waals surface area contributed by atoms with Gasteiger partial charge in [0.15, 0.2) is 0 Å². The summed E-state index contributed by atoms with van der Waals surface area (Å²) in [4.78, 5) is 30.3. The Kier molecular flexibility index (Phi) is 12.0. The van der Waals surface area contributed by atoms with Crippen LogP contribution in [0.5, 0.6) is 0 Å². The van der Waals surface area contributed by atoms with Crippen LogP contribution in [-0.4, -0.2) is 43.8 Å². The van der Waals surface area contributed by atoms with E-state index >= 15 is 0 Å². The molecule has 5 rings (SSSR count). The Morgan fingerprint density at radius 2 is 1.49 bits per heavy atom. The Bertz CT molecular complexity index is 1770. The molecule has 7 nitrogen and oxygen atoms in total. The van der Waals surface area contributed by atoms with Gasteiger partial charge in [-0.2, -0.15) is 0 Å². The van der Waals surface area contributed by atoms with Crippen molar-refractivity contribution in [2.75, 3.05) is 10.8 Å². The molecule has 4 aromatic rings. The van der Waals surface area contributed by atoms with Crippen LogP contribution in [0.15, 0.2) is 112 Å². The van der Waals surface area contributed by atoms with Crippen LogP contribution in [0.2, 0.25) is 10.0 Å². The van der Waals surface area contributed by atoms with E-state index in [1.54, 1.807) is 60.7 Å². The average molecular weight is 758 g/mol. The topological polar surface area (TPSA) is 86.8 Å². The Morgan fingerprint density at radius 3 is 2.13 bits per heavy atom. The number of halogens is 3. The fourth-order valence-corrected chi connectivity index (χ4v) is 7.96. The number of nitrogens with zero attached hydrogens (tertiary/aromatic N) is 2. The normalized spacial score (nSPS) is 14.3. The van der Waals surface area contributed by atoms with E-state index in [-0.39, 0.29) is 29.8 Å². The van der Waals surface area contributed by atoms with E-state index in [2.05, 4.69) is 21.2 Å². The summed E-state index contributed by atoms with van der Waals surface area (Å²) in [7, 11) is -4.18. The van der Waals surface area contributed by atoms with Crippen molar-refractivity contribution >= 4 is 66.7 Å². The molecule has 11 heteroatoms. The molecule has 47 heavy (non-hydrogen) atoms. The molecule has 2 amide bonds. The molecule has 1 aliphatic rings. The maximum atomic E-state index is 14.6. The molecule has 0 heterocycles. The summed E-state index contributed by atoms with van der Waals surface area (Å²) < 4.78 is 30.1. The predicted octanol–water partition coefficient (Wildman–Crippen LogP) is 8.04. The summed E-state index contributed by atoms with van der Waals surface area (Å²) in [5.74, 6) is -0.849. The molecule has 0 spiro atoms. The summed E-state index contributed by atoms with van der Waals surface area (Å²) >= 11 is 16.2. The van der Waals surface area contributed by atoms with E-state index in [0.29, 0.717) is 21.3 Å². The lowest BCUT2D eigenvalue weighted by molar-refractivity contribution is -0.140. The molecule has 0 aliphatic heterocycles. The van der Waals surface area contributed by atoms with Crippen molar-refractivity contribution in [3.05, 3.63) is 129 Å². The first-order chi connectivity index (χ1) is 22.6. The zero-order valence-electron chi connectivity index (χ0n) is 25.7. The molecule has 1 saturated carbocycles. The molecule has 0 unspecified atom stereocenters. The van der Waals surface area contributed by atoms with Crippen molar-refractivity contribution in [1.29, 1.82) is 0 Å². The van der Waals surface area contributed by atoms with Crippen LogP contribution in [0, 0.1) is 0 Å². The lowest BCUT2D eigenvalue weighted by Crippen LogP contribution is -2.55. The highest BCUT2D eigenvalue weighted by atomic mass is 79.9. The first-order valence-electron chi connectivity index (χ1n) is 15.5. The van der Waals surface area contributed by atoms with Gasteiger partial charge < -0.3 is 10.2 Å². The highest BCUT2D eigenvalue weighted by molar-refractivity contribution is 9.10. The molecule has 246 valence electrons. The molecule has 0 bridgehead atoms. The standard InChI is InChI=1S/C36H36BrCl2N3O4S/c37-28-17-20-31(21-18-28)42(47(45,46)32-14-8-3-9-15-32)25-35(43)41(24-27-16-19-29(38)23-33(27)39)34(22-26-10-4-1-5-11-26)36(44)40-30-12-6-2-7-13-30/h1,3-5,8-11,14-21,23,30,34H,2,6-7,12-13,22,24-25H2,(H,40,44)/t34-/m0/s1. The number of rotatable bonds is 12. The minimum atomic E-state index is -4.18. The van der Waals surface area contributed by atoms with Crippen molar-refractivity contribution in [2.24, 2.45) is 0 Å². The Labute approximate surface area is 295 Å². The number of carbonyl (C=O) groups is 2. The monoisotopic (exact) mass is 755 g/mol. The molecular formula is C36H36BrCl2N3O4S. The summed E-state index contributed by atoms with van der Waals surface area (Å²) in [6.07, 6.45) is 5.13. The zero-order chi connectivity index (χ0) is 33.4. The van der Waals surface area contributed by atoms with Crippen LogP contribution >= 0.6 is 39.1 Å². The maximum absolute atomic E-state index is 14.6. The summed E-state index contributed by atoms with van der Waals surface area (Å²) in [5, 5.41) is 3.98. The van der Waals surface area contributed by atoms with E-state index in [0.717, 1.165) is 46.4 Å². The van der Waals surface area contributed by atoms with Crippen LogP contribution in [0.25, 0.3) is 0 Å². The van der Waals surface area contributed by atoms with Crippen molar-refractivity contribution in [3.63, 3.8) is 0 Å².